The van der Waals surface area contributed by atoms with Crippen molar-refractivity contribution in [3.63, 3.8) is 0 Å². The number of ether oxygens (including phenoxy) is 4. The van der Waals surface area contributed by atoms with E-state index in [4.69, 9.17) is 18.9 Å². The van der Waals surface area contributed by atoms with Crippen molar-refractivity contribution in [1.82, 2.24) is 0 Å². The molecule has 7 heteroatoms. The van der Waals surface area contributed by atoms with E-state index >= 15 is 0 Å². The number of hydrogen-bond acceptors (Lipinski definition) is 6. The van der Waals surface area contributed by atoms with Crippen LogP contribution in [-0.4, -0.2) is 53.5 Å². The summed E-state index contributed by atoms with van der Waals surface area (Å²) in [6.45, 7) is 9.55. The van der Waals surface area contributed by atoms with Gasteiger partial charge in [0.05, 0.1) is 31.5 Å². The number of aryl methyl sites for hydroxylation is 2. The summed E-state index contributed by atoms with van der Waals surface area (Å²) in [4.78, 5) is 11.9. The van der Waals surface area contributed by atoms with Gasteiger partial charge >= 0.3 is 5.97 Å². The fourth-order valence-electron chi connectivity index (χ4n) is 4.56. The van der Waals surface area contributed by atoms with E-state index in [0.29, 0.717) is 30.6 Å². The monoisotopic (exact) mass is 524 g/mol. The molecular weight excluding hydrogens is 484 g/mol. The number of benzene rings is 2. The molecule has 1 aliphatic heterocycles. The SMILES string of the molecule is COc1ccc(COC(/C=C\C[C@H](C)O)[C@H]2OC(C)(C)O[C@H]2C/C=C/c2c(C)ccc(C)c2C(=O)O)cc1. The molecule has 7 nitrogen and oxygen atoms in total. The van der Waals surface area contributed by atoms with Crippen LogP contribution in [0.1, 0.15) is 66.2 Å². The number of carboxylic acid groups (broad SMARTS) is 1. The van der Waals surface area contributed by atoms with Gasteiger partial charge in [-0.25, -0.2) is 4.79 Å². The zero-order valence-corrected chi connectivity index (χ0v) is 23.1. The minimum absolute atomic E-state index is 0.309. The Morgan fingerprint density at radius 3 is 2.39 bits per heavy atom. The van der Waals surface area contributed by atoms with E-state index < -0.39 is 30.1 Å². The zero-order valence-electron chi connectivity index (χ0n) is 23.1. The van der Waals surface area contributed by atoms with E-state index in [1.165, 1.54) is 0 Å². The van der Waals surface area contributed by atoms with Gasteiger partial charge in [0, 0.05) is 0 Å². The minimum Gasteiger partial charge on any atom is -0.497 e. The summed E-state index contributed by atoms with van der Waals surface area (Å²) in [5.74, 6) is -0.979. The first-order chi connectivity index (χ1) is 18.0. The van der Waals surface area contributed by atoms with Crippen molar-refractivity contribution in [3.8, 4) is 5.75 Å². The lowest BCUT2D eigenvalue weighted by atomic mass is 9.96. The predicted octanol–water partition coefficient (Wildman–Crippen LogP) is 5.85. The van der Waals surface area contributed by atoms with Crippen molar-refractivity contribution < 1.29 is 34.0 Å². The fraction of sp³-hybridized carbons (Fsp3) is 0.452. The molecule has 0 aliphatic carbocycles. The van der Waals surface area contributed by atoms with Gasteiger partial charge in [-0.1, -0.05) is 48.6 Å². The fourth-order valence-corrected chi connectivity index (χ4v) is 4.56. The molecule has 0 spiro atoms. The first-order valence-electron chi connectivity index (χ1n) is 13.0. The second-order valence-electron chi connectivity index (χ2n) is 10.2. The predicted molar refractivity (Wildman–Crippen MR) is 147 cm³/mol. The van der Waals surface area contributed by atoms with Crippen LogP contribution in [-0.2, 0) is 20.8 Å². The summed E-state index contributed by atoms with van der Waals surface area (Å²) in [5.41, 5.74) is 3.61. The number of aliphatic hydroxyl groups is 1. The van der Waals surface area contributed by atoms with E-state index in [1.807, 2.05) is 81.5 Å². The van der Waals surface area contributed by atoms with Crippen LogP contribution < -0.4 is 4.74 Å². The summed E-state index contributed by atoms with van der Waals surface area (Å²) in [7, 11) is 1.63. The van der Waals surface area contributed by atoms with Crippen LogP contribution >= 0.6 is 0 Å². The van der Waals surface area contributed by atoms with E-state index in [-0.39, 0.29) is 6.10 Å². The average Bonchev–Trinajstić information content (AvgIpc) is 3.17. The largest absolute Gasteiger partial charge is 0.497 e. The van der Waals surface area contributed by atoms with Crippen molar-refractivity contribution in [2.45, 2.75) is 84.3 Å². The Morgan fingerprint density at radius 1 is 1.08 bits per heavy atom. The van der Waals surface area contributed by atoms with Gasteiger partial charge in [0.15, 0.2) is 5.79 Å². The van der Waals surface area contributed by atoms with Crippen LogP contribution in [0.5, 0.6) is 5.75 Å². The van der Waals surface area contributed by atoms with Gasteiger partial charge in [-0.3, -0.25) is 0 Å². The van der Waals surface area contributed by atoms with Gasteiger partial charge in [-0.15, -0.1) is 0 Å². The number of methoxy groups -OCH3 is 1. The summed E-state index contributed by atoms with van der Waals surface area (Å²) < 4.78 is 24.1. The summed E-state index contributed by atoms with van der Waals surface area (Å²) >= 11 is 0. The Morgan fingerprint density at radius 2 is 1.76 bits per heavy atom. The molecule has 0 aromatic heterocycles. The second-order valence-corrected chi connectivity index (χ2v) is 10.2. The molecule has 0 saturated carbocycles. The Labute approximate surface area is 225 Å². The Bertz CT molecular complexity index is 1130. The van der Waals surface area contributed by atoms with Crippen LogP contribution in [0, 0.1) is 13.8 Å². The molecular formula is C31H40O7. The van der Waals surface area contributed by atoms with E-state index in [1.54, 1.807) is 21.0 Å². The van der Waals surface area contributed by atoms with Gasteiger partial charge in [-0.2, -0.15) is 0 Å². The maximum absolute atomic E-state index is 11.9. The molecule has 2 aromatic carbocycles. The third-order valence-corrected chi connectivity index (χ3v) is 6.49. The molecule has 1 aliphatic rings. The molecule has 206 valence electrons. The van der Waals surface area contributed by atoms with E-state index in [0.717, 1.165) is 22.4 Å². The lowest BCUT2D eigenvalue weighted by Crippen LogP contribution is -2.36. The summed E-state index contributed by atoms with van der Waals surface area (Å²) in [6, 6.07) is 11.4. The molecule has 0 radical (unpaired) electrons. The van der Waals surface area contributed by atoms with Crippen molar-refractivity contribution in [2.75, 3.05) is 7.11 Å². The molecule has 0 bridgehead atoms. The van der Waals surface area contributed by atoms with E-state index in [9.17, 15) is 15.0 Å². The van der Waals surface area contributed by atoms with Crippen LogP contribution in [0.2, 0.25) is 0 Å². The quantitative estimate of drug-likeness (QED) is 0.337. The first kappa shape index (κ1) is 29.6. The van der Waals surface area contributed by atoms with Gasteiger partial charge < -0.3 is 29.2 Å². The molecule has 0 amide bonds. The molecule has 1 heterocycles. The Kier molecular flexibility index (Phi) is 10.3. The molecule has 1 unspecified atom stereocenters. The van der Waals surface area contributed by atoms with Gasteiger partial charge in [0.2, 0.25) is 0 Å². The molecule has 1 saturated heterocycles. The topological polar surface area (TPSA) is 94.5 Å². The highest BCUT2D eigenvalue weighted by molar-refractivity contribution is 5.94. The zero-order chi connectivity index (χ0) is 27.9. The normalized spacial score (nSPS) is 20.7. The molecule has 1 fully saturated rings. The lowest BCUT2D eigenvalue weighted by Gasteiger charge is -2.24. The van der Waals surface area contributed by atoms with Crippen LogP contribution in [0.3, 0.4) is 0 Å². The van der Waals surface area contributed by atoms with Crippen LogP contribution in [0.4, 0.5) is 0 Å². The lowest BCUT2D eigenvalue weighted by molar-refractivity contribution is -0.156. The number of carboxylic acids is 1. The number of aliphatic hydroxyl groups excluding tert-OH is 1. The maximum Gasteiger partial charge on any atom is 0.336 e. The minimum atomic E-state index is -0.944. The van der Waals surface area contributed by atoms with Gasteiger partial charge in [0.1, 0.15) is 18.0 Å². The number of carbonyl (C=O) groups is 1. The standard InChI is InChI=1S/C31H40O7/c1-20-13-14-21(2)28(30(33)34)25(20)10-8-12-27-29(38-31(4,5)37-27)26(11-7-9-22(3)32)36-19-23-15-17-24(35-6)18-16-23/h7-8,10-11,13-18,22,26-27,29,32H,9,12,19H2,1-6H3,(H,33,34)/b10-8+,11-7-/t22-,26?,27-,29+/m0/s1. The smallest absolute Gasteiger partial charge is 0.336 e. The van der Waals surface area contributed by atoms with Gasteiger partial charge in [0.25, 0.3) is 0 Å². The van der Waals surface area contributed by atoms with Gasteiger partial charge in [-0.05, 0) is 81.8 Å². The number of rotatable bonds is 12. The third kappa shape index (κ3) is 8.01. The van der Waals surface area contributed by atoms with Crippen LogP contribution in [0.25, 0.3) is 6.08 Å². The second kappa shape index (κ2) is 13.2. The number of aromatic carboxylic acids is 1. The van der Waals surface area contributed by atoms with Crippen molar-refractivity contribution in [1.29, 1.82) is 0 Å². The average molecular weight is 525 g/mol. The Hall–Kier alpha value is -2.97. The first-order valence-corrected chi connectivity index (χ1v) is 13.0. The molecule has 38 heavy (non-hydrogen) atoms. The molecule has 2 N–H and O–H groups in total. The van der Waals surface area contributed by atoms with Crippen molar-refractivity contribution in [3.05, 3.63) is 82.4 Å². The Balaban J connectivity index is 1.81. The molecule has 4 atom stereocenters. The third-order valence-electron chi connectivity index (χ3n) is 6.49. The maximum atomic E-state index is 11.9. The highest BCUT2D eigenvalue weighted by Crippen LogP contribution is 2.34. The van der Waals surface area contributed by atoms with Crippen LogP contribution in [0.15, 0.2) is 54.6 Å². The highest BCUT2D eigenvalue weighted by atomic mass is 16.8. The van der Waals surface area contributed by atoms with Crippen molar-refractivity contribution >= 4 is 12.0 Å². The number of hydrogen-bond donors (Lipinski definition) is 2. The summed E-state index contributed by atoms with van der Waals surface area (Å²) in [5, 5.41) is 19.5. The van der Waals surface area contributed by atoms with E-state index in [2.05, 4.69) is 0 Å². The molecule has 3 rings (SSSR count). The summed E-state index contributed by atoms with van der Waals surface area (Å²) in [6.07, 6.45) is 7.01. The molecule has 2 aromatic rings. The highest BCUT2D eigenvalue weighted by Gasteiger charge is 2.44. The van der Waals surface area contributed by atoms with Crippen molar-refractivity contribution in [2.24, 2.45) is 0 Å².